The Morgan fingerprint density at radius 2 is 1.79 bits per heavy atom. The number of nitrogens with zero attached hydrogens (tertiary/aromatic N) is 1. The third-order valence-electron chi connectivity index (χ3n) is 3.57. The fraction of sp³-hybridized carbons (Fsp3) is 0.278. The van der Waals surface area contributed by atoms with E-state index in [0.29, 0.717) is 18.7 Å². The first-order valence-electron chi connectivity index (χ1n) is 7.65. The normalized spacial score (nSPS) is 11.3. The molecule has 0 unspecified atom stereocenters. The first kappa shape index (κ1) is 18.5. The van der Waals surface area contributed by atoms with E-state index < -0.39 is 9.84 Å². The van der Waals surface area contributed by atoms with Crippen LogP contribution in [0.2, 0.25) is 5.02 Å². The summed E-state index contributed by atoms with van der Waals surface area (Å²) in [6.45, 7) is 3.06. The molecule has 0 spiro atoms. The molecule has 0 aliphatic rings. The SMILES string of the molecule is CCCN(Cc1ccccc1)C(=O)c1ccc(Cl)c(S(C)(=O)=O)c1. The molecule has 24 heavy (non-hydrogen) atoms. The third-order valence-corrected chi connectivity index (χ3v) is 5.15. The lowest BCUT2D eigenvalue weighted by Crippen LogP contribution is -2.31. The molecule has 2 rings (SSSR count). The highest BCUT2D eigenvalue weighted by Gasteiger charge is 2.19. The monoisotopic (exact) mass is 365 g/mol. The van der Waals surface area contributed by atoms with Crippen molar-refractivity contribution in [2.24, 2.45) is 0 Å². The Bertz CT molecular complexity index is 819. The van der Waals surface area contributed by atoms with Gasteiger partial charge in [-0.15, -0.1) is 0 Å². The molecule has 0 aromatic heterocycles. The maximum absolute atomic E-state index is 12.8. The van der Waals surface area contributed by atoms with Crippen molar-refractivity contribution < 1.29 is 13.2 Å². The zero-order valence-corrected chi connectivity index (χ0v) is 15.3. The van der Waals surface area contributed by atoms with Crippen molar-refractivity contribution in [2.45, 2.75) is 24.8 Å². The van der Waals surface area contributed by atoms with Gasteiger partial charge in [0.1, 0.15) is 0 Å². The van der Waals surface area contributed by atoms with Crippen LogP contribution < -0.4 is 0 Å². The standard InChI is InChI=1S/C18H20ClNO3S/c1-3-11-20(13-14-7-5-4-6-8-14)18(21)15-9-10-16(19)17(12-15)24(2,22)23/h4-10,12H,3,11,13H2,1-2H3. The van der Waals surface area contributed by atoms with Gasteiger partial charge in [0, 0.05) is 24.9 Å². The van der Waals surface area contributed by atoms with E-state index in [1.807, 2.05) is 37.3 Å². The van der Waals surface area contributed by atoms with Crippen LogP contribution in [0.5, 0.6) is 0 Å². The van der Waals surface area contributed by atoms with Gasteiger partial charge in [0.2, 0.25) is 0 Å². The maximum Gasteiger partial charge on any atom is 0.254 e. The van der Waals surface area contributed by atoms with Gasteiger partial charge in [-0.2, -0.15) is 0 Å². The number of amides is 1. The Hall–Kier alpha value is -1.85. The Kier molecular flexibility index (Phi) is 6.02. The second-order valence-corrected chi connectivity index (χ2v) is 8.02. The highest BCUT2D eigenvalue weighted by molar-refractivity contribution is 7.90. The van der Waals surface area contributed by atoms with Gasteiger partial charge in [0.15, 0.2) is 9.84 Å². The number of hydrogen-bond donors (Lipinski definition) is 0. The van der Waals surface area contributed by atoms with Gasteiger partial charge in [-0.05, 0) is 30.2 Å². The summed E-state index contributed by atoms with van der Waals surface area (Å²) in [5, 5.41) is 0.124. The van der Waals surface area contributed by atoms with Crippen molar-refractivity contribution in [3.8, 4) is 0 Å². The van der Waals surface area contributed by atoms with Crippen LogP contribution in [0.15, 0.2) is 53.4 Å². The molecule has 6 heteroatoms. The number of carbonyl (C=O) groups is 1. The topological polar surface area (TPSA) is 54.5 Å². The van der Waals surface area contributed by atoms with Crippen molar-refractivity contribution in [3.63, 3.8) is 0 Å². The molecule has 128 valence electrons. The maximum atomic E-state index is 12.8. The minimum Gasteiger partial charge on any atom is -0.334 e. The minimum atomic E-state index is -3.49. The number of rotatable bonds is 6. The molecular weight excluding hydrogens is 346 g/mol. The van der Waals surface area contributed by atoms with Crippen molar-refractivity contribution >= 4 is 27.3 Å². The number of carbonyl (C=O) groups excluding carboxylic acids is 1. The van der Waals surface area contributed by atoms with Crippen LogP contribution in [0.25, 0.3) is 0 Å². The van der Waals surface area contributed by atoms with Crippen molar-refractivity contribution in [1.82, 2.24) is 4.90 Å². The van der Waals surface area contributed by atoms with Crippen LogP contribution >= 0.6 is 11.6 Å². The van der Waals surface area contributed by atoms with Crippen LogP contribution in [0.1, 0.15) is 29.3 Å². The van der Waals surface area contributed by atoms with E-state index in [4.69, 9.17) is 11.6 Å². The molecule has 0 saturated heterocycles. The largest absolute Gasteiger partial charge is 0.334 e. The molecule has 0 aliphatic heterocycles. The number of sulfone groups is 1. The van der Waals surface area contributed by atoms with E-state index in [-0.39, 0.29) is 15.8 Å². The van der Waals surface area contributed by atoms with E-state index >= 15 is 0 Å². The van der Waals surface area contributed by atoms with Crippen LogP contribution in [0.3, 0.4) is 0 Å². The molecule has 0 radical (unpaired) electrons. The van der Waals surface area contributed by atoms with Gasteiger partial charge in [-0.25, -0.2) is 8.42 Å². The average Bonchev–Trinajstić information content (AvgIpc) is 2.54. The van der Waals surface area contributed by atoms with Crippen LogP contribution in [-0.2, 0) is 16.4 Å². The van der Waals surface area contributed by atoms with Gasteiger partial charge in [-0.3, -0.25) is 4.79 Å². The second kappa shape index (κ2) is 7.81. The van der Waals surface area contributed by atoms with Crippen LogP contribution in [0.4, 0.5) is 0 Å². The Balaban J connectivity index is 2.33. The molecule has 2 aromatic carbocycles. The Morgan fingerprint density at radius 3 is 2.38 bits per heavy atom. The smallest absolute Gasteiger partial charge is 0.254 e. The fourth-order valence-corrected chi connectivity index (χ4v) is 3.73. The number of halogens is 1. The second-order valence-electron chi connectivity index (χ2n) is 5.63. The zero-order valence-electron chi connectivity index (χ0n) is 13.7. The molecule has 2 aromatic rings. The molecule has 0 N–H and O–H groups in total. The molecule has 0 heterocycles. The molecule has 0 atom stereocenters. The summed E-state index contributed by atoms with van der Waals surface area (Å²) < 4.78 is 23.6. The summed E-state index contributed by atoms with van der Waals surface area (Å²) in [7, 11) is -3.49. The summed E-state index contributed by atoms with van der Waals surface area (Å²) in [5.41, 5.74) is 1.35. The van der Waals surface area contributed by atoms with Crippen molar-refractivity contribution in [2.75, 3.05) is 12.8 Å². The molecular formula is C18H20ClNO3S. The summed E-state index contributed by atoms with van der Waals surface area (Å²) in [6.07, 6.45) is 1.89. The molecule has 0 aliphatic carbocycles. The molecule has 0 fully saturated rings. The van der Waals surface area contributed by atoms with Gasteiger partial charge < -0.3 is 4.90 Å². The molecule has 1 amide bonds. The van der Waals surface area contributed by atoms with Crippen molar-refractivity contribution in [3.05, 3.63) is 64.7 Å². The van der Waals surface area contributed by atoms with E-state index in [0.717, 1.165) is 18.2 Å². The lowest BCUT2D eigenvalue weighted by molar-refractivity contribution is 0.0743. The Morgan fingerprint density at radius 1 is 1.12 bits per heavy atom. The highest BCUT2D eigenvalue weighted by Crippen LogP contribution is 2.23. The predicted molar refractivity (Wildman–Crippen MR) is 96.0 cm³/mol. The summed E-state index contributed by atoms with van der Waals surface area (Å²) in [5.74, 6) is -0.206. The van der Waals surface area contributed by atoms with Crippen molar-refractivity contribution in [1.29, 1.82) is 0 Å². The average molecular weight is 366 g/mol. The summed E-state index contributed by atoms with van der Waals surface area (Å²) in [6, 6.07) is 14.1. The van der Waals surface area contributed by atoms with Gasteiger partial charge >= 0.3 is 0 Å². The van der Waals surface area contributed by atoms with E-state index in [1.54, 1.807) is 11.0 Å². The van der Waals surface area contributed by atoms with Crippen LogP contribution in [0, 0.1) is 0 Å². The van der Waals surface area contributed by atoms with Gasteiger partial charge in [0.05, 0.1) is 9.92 Å². The summed E-state index contributed by atoms with van der Waals surface area (Å²) >= 11 is 5.95. The fourth-order valence-electron chi connectivity index (χ4n) is 2.43. The minimum absolute atomic E-state index is 0.0221. The lowest BCUT2D eigenvalue weighted by atomic mass is 10.1. The zero-order chi connectivity index (χ0) is 17.7. The summed E-state index contributed by atoms with van der Waals surface area (Å²) in [4.78, 5) is 14.5. The lowest BCUT2D eigenvalue weighted by Gasteiger charge is -2.22. The van der Waals surface area contributed by atoms with Gasteiger partial charge in [0.25, 0.3) is 5.91 Å². The predicted octanol–water partition coefficient (Wildman–Crippen LogP) is 3.80. The van der Waals surface area contributed by atoms with E-state index in [9.17, 15) is 13.2 Å². The Labute approximate surface area is 148 Å². The molecule has 0 bridgehead atoms. The molecule has 0 saturated carbocycles. The van der Waals surface area contributed by atoms with E-state index in [1.165, 1.54) is 12.1 Å². The first-order valence-corrected chi connectivity index (χ1v) is 9.92. The van der Waals surface area contributed by atoms with Crippen LogP contribution in [-0.4, -0.2) is 32.0 Å². The quantitative estimate of drug-likeness (QED) is 0.782. The number of benzene rings is 2. The third kappa shape index (κ3) is 4.58. The van der Waals surface area contributed by atoms with Gasteiger partial charge in [-0.1, -0.05) is 48.9 Å². The number of hydrogen-bond acceptors (Lipinski definition) is 3. The highest BCUT2D eigenvalue weighted by atomic mass is 35.5. The first-order chi connectivity index (χ1) is 11.3. The molecule has 4 nitrogen and oxygen atoms in total. The van der Waals surface area contributed by atoms with E-state index in [2.05, 4.69) is 0 Å².